The van der Waals surface area contributed by atoms with Gasteiger partial charge in [-0.05, 0) is 79.1 Å². The van der Waals surface area contributed by atoms with Crippen molar-refractivity contribution in [3.05, 3.63) is 88.5 Å². The summed E-state index contributed by atoms with van der Waals surface area (Å²) in [5.41, 5.74) is 10.2. The molecule has 0 amide bonds. The minimum absolute atomic E-state index is 0.944. The lowest BCUT2D eigenvalue weighted by atomic mass is 9.95. The maximum absolute atomic E-state index is 4.64. The molecule has 0 aliphatic rings. The Morgan fingerprint density at radius 2 is 1.57 bits per heavy atom. The highest BCUT2D eigenvalue weighted by molar-refractivity contribution is 5.67. The van der Waals surface area contributed by atoms with Gasteiger partial charge in [0.15, 0.2) is 0 Å². The highest BCUT2D eigenvalue weighted by Gasteiger charge is 2.06. The third kappa shape index (κ3) is 4.69. The Kier molecular flexibility index (Phi) is 6.30. The average molecular weight is 371 g/mol. The van der Waals surface area contributed by atoms with Crippen LogP contribution in [0.15, 0.2) is 65.7 Å². The number of aliphatic imine (C=N–C) groups is 1. The van der Waals surface area contributed by atoms with Crippen LogP contribution in [0.1, 0.15) is 34.7 Å². The molecule has 0 aliphatic heterocycles. The molecule has 0 unspecified atom stereocenters. The minimum Gasteiger partial charge on any atom is -0.366 e. The van der Waals surface area contributed by atoms with Gasteiger partial charge >= 0.3 is 0 Å². The van der Waals surface area contributed by atoms with Gasteiger partial charge in [0.2, 0.25) is 0 Å². The predicted molar refractivity (Wildman–Crippen MR) is 122 cm³/mol. The summed E-state index contributed by atoms with van der Waals surface area (Å²) in [7, 11) is 2.04. The van der Waals surface area contributed by atoms with Crippen molar-refractivity contribution >= 4 is 12.0 Å². The Morgan fingerprint density at radius 1 is 0.857 bits per heavy atom. The molecular formula is C26H30N2. The smallest absolute Gasteiger partial charge is 0.0909 e. The highest BCUT2D eigenvalue weighted by Crippen LogP contribution is 2.27. The van der Waals surface area contributed by atoms with Crippen LogP contribution in [0.25, 0.3) is 11.1 Å². The lowest BCUT2D eigenvalue weighted by Crippen LogP contribution is -2.14. The fourth-order valence-electron chi connectivity index (χ4n) is 3.35. The SMILES string of the molecule is CCN(C)/C=N/c1cc(C)c(Cc2ccc(-c3ccccc3C)cc2)cc1C. The van der Waals surface area contributed by atoms with Gasteiger partial charge in [0, 0.05) is 13.6 Å². The zero-order valence-electron chi connectivity index (χ0n) is 17.7. The molecule has 3 rings (SSSR count). The molecule has 0 fully saturated rings. The quantitative estimate of drug-likeness (QED) is 0.358. The van der Waals surface area contributed by atoms with Crippen LogP contribution in [0.4, 0.5) is 5.69 Å². The molecule has 3 aromatic carbocycles. The molecular weight excluding hydrogens is 340 g/mol. The Labute approximate surface area is 169 Å². The van der Waals surface area contributed by atoms with E-state index in [0.717, 1.165) is 18.7 Å². The summed E-state index contributed by atoms with van der Waals surface area (Å²) in [6, 6.07) is 22.0. The normalized spacial score (nSPS) is 11.2. The van der Waals surface area contributed by atoms with Gasteiger partial charge in [0.1, 0.15) is 0 Å². The molecule has 2 nitrogen and oxygen atoms in total. The van der Waals surface area contributed by atoms with Gasteiger partial charge in [-0.25, -0.2) is 4.99 Å². The molecule has 0 atom stereocenters. The molecule has 144 valence electrons. The first-order chi connectivity index (χ1) is 13.5. The Bertz CT molecular complexity index is 968. The van der Waals surface area contributed by atoms with Crippen molar-refractivity contribution in [3.63, 3.8) is 0 Å². The van der Waals surface area contributed by atoms with Crippen molar-refractivity contribution < 1.29 is 0 Å². The third-order valence-electron chi connectivity index (χ3n) is 5.35. The number of rotatable bonds is 6. The van der Waals surface area contributed by atoms with Gasteiger partial charge in [-0.3, -0.25) is 0 Å². The Balaban J connectivity index is 1.79. The van der Waals surface area contributed by atoms with E-state index in [1.165, 1.54) is 38.9 Å². The molecule has 0 N–H and O–H groups in total. The summed E-state index contributed by atoms with van der Waals surface area (Å²) in [5, 5.41) is 0. The molecule has 0 radical (unpaired) electrons. The van der Waals surface area contributed by atoms with Gasteiger partial charge < -0.3 is 4.90 Å². The van der Waals surface area contributed by atoms with Crippen LogP contribution in [0, 0.1) is 20.8 Å². The third-order valence-corrected chi connectivity index (χ3v) is 5.35. The first-order valence-corrected chi connectivity index (χ1v) is 9.97. The average Bonchev–Trinajstić information content (AvgIpc) is 2.70. The summed E-state index contributed by atoms with van der Waals surface area (Å²) in [4.78, 5) is 6.72. The van der Waals surface area contributed by atoms with Gasteiger partial charge in [-0.1, -0.05) is 54.6 Å². The molecule has 0 heterocycles. The van der Waals surface area contributed by atoms with Gasteiger partial charge in [0.25, 0.3) is 0 Å². The number of aryl methyl sites for hydroxylation is 3. The van der Waals surface area contributed by atoms with Crippen LogP contribution < -0.4 is 0 Å². The van der Waals surface area contributed by atoms with E-state index in [9.17, 15) is 0 Å². The van der Waals surface area contributed by atoms with Crippen LogP contribution in [0.5, 0.6) is 0 Å². The summed E-state index contributed by atoms with van der Waals surface area (Å²) in [6.45, 7) is 9.56. The van der Waals surface area contributed by atoms with E-state index < -0.39 is 0 Å². The predicted octanol–water partition coefficient (Wildman–Crippen LogP) is 6.48. The van der Waals surface area contributed by atoms with Crippen molar-refractivity contribution in [2.45, 2.75) is 34.1 Å². The zero-order chi connectivity index (χ0) is 20.1. The minimum atomic E-state index is 0.944. The molecule has 3 aromatic rings. The van der Waals surface area contributed by atoms with Crippen molar-refractivity contribution in [3.8, 4) is 11.1 Å². The van der Waals surface area contributed by atoms with Crippen molar-refractivity contribution in [1.29, 1.82) is 0 Å². The second-order valence-corrected chi connectivity index (χ2v) is 7.57. The molecule has 0 aromatic heterocycles. The monoisotopic (exact) mass is 370 g/mol. The van der Waals surface area contributed by atoms with Crippen molar-refractivity contribution in [2.24, 2.45) is 4.99 Å². The van der Waals surface area contributed by atoms with E-state index in [1.807, 2.05) is 13.4 Å². The number of hydrogen-bond donors (Lipinski definition) is 0. The fraction of sp³-hybridized carbons (Fsp3) is 0.269. The Morgan fingerprint density at radius 3 is 2.25 bits per heavy atom. The maximum atomic E-state index is 4.64. The van der Waals surface area contributed by atoms with Gasteiger partial charge in [-0.15, -0.1) is 0 Å². The lowest BCUT2D eigenvalue weighted by molar-refractivity contribution is 0.552. The maximum Gasteiger partial charge on any atom is 0.0909 e. The number of nitrogens with zero attached hydrogens (tertiary/aromatic N) is 2. The van der Waals surface area contributed by atoms with E-state index >= 15 is 0 Å². The highest BCUT2D eigenvalue weighted by atomic mass is 15.1. The first kappa shape index (κ1) is 19.9. The van der Waals surface area contributed by atoms with E-state index in [0.29, 0.717) is 0 Å². The van der Waals surface area contributed by atoms with Crippen LogP contribution in [-0.2, 0) is 6.42 Å². The molecule has 0 saturated carbocycles. The number of benzene rings is 3. The summed E-state index contributed by atoms with van der Waals surface area (Å²) >= 11 is 0. The van der Waals surface area contributed by atoms with Crippen LogP contribution in [-0.4, -0.2) is 24.8 Å². The van der Waals surface area contributed by atoms with E-state index in [4.69, 9.17) is 0 Å². The van der Waals surface area contributed by atoms with Crippen molar-refractivity contribution in [2.75, 3.05) is 13.6 Å². The molecule has 0 saturated heterocycles. The lowest BCUT2D eigenvalue weighted by Gasteiger charge is -2.12. The topological polar surface area (TPSA) is 15.6 Å². The van der Waals surface area contributed by atoms with Crippen LogP contribution >= 0.6 is 0 Å². The van der Waals surface area contributed by atoms with Crippen LogP contribution in [0.3, 0.4) is 0 Å². The summed E-state index contributed by atoms with van der Waals surface area (Å²) in [5.74, 6) is 0. The Hall–Kier alpha value is -2.87. The molecule has 2 heteroatoms. The standard InChI is InChI=1S/C26H30N2/c1-6-28(5)18-27-26-16-20(3)24(15-21(26)4)17-22-11-13-23(14-12-22)25-10-8-7-9-19(25)2/h7-16,18H,6,17H2,1-5H3/b27-18+. The molecule has 0 aliphatic carbocycles. The van der Waals surface area contributed by atoms with E-state index in [2.05, 4.69) is 98.3 Å². The van der Waals surface area contributed by atoms with Crippen LogP contribution in [0.2, 0.25) is 0 Å². The summed E-state index contributed by atoms with van der Waals surface area (Å²) in [6.07, 6.45) is 2.85. The van der Waals surface area contributed by atoms with E-state index in [-0.39, 0.29) is 0 Å². The van der Waals surface area contributed by atoms with Crippen molar-refractivity contribution in [1.82, 2.24) is 4.90 Å². The largest absolute Gasteiger partial charge is 0.366 e. The summed E-state index contributed by atoms with van der Waals surface area (Å²) < 4.78 is 0. The molecule has 28 heavy (non-hydrogen) atoms. The zero-order valence-corrected chi connectivity index (χ0v) is 17.7. The second-order valence-electron chi connectivity index (χ2n) is 7.57. The first-order valence-electron chi connectivity index (χ1n) is 9.97. The molecule has 0 spiro atoms. The van der Waals surface area contributed by atoms with Gasteiger partial charge in [-0.2, -0.15) is 0 Å². The fourth-order valence-corrected chi connectivity index (χ4v) is 3.35. The van der Waals surface area contributed by atoms with E-state index in [1.54, 1.807) is 0 Å². The second kappa shape index (κ2) is 8.88. The number of hydrogen-bond acceptors (Lipinski definition) is 1. The van der Waals surface area contributed by atoms with Gasteiger partial charge in [0.05, 0.1) is 12.0 Å². The molecule has 0 bridgehead atoms.